The Hall–Kier alpha value is -1.74. The van der Waals surface area contributed by atoms with E-state index in [-0.39, 0.29) is 16.0 Å². The van der Waals surface area contributed by atoms with E-state index in [4.69, 9.17) is 11.6 Å². The van der Waals surface area contributed by atoms with Gasteiger partial charge in [-0.25, -0.2) is 13.6 Å². The van der Waals surface area contributed by atoms with Crippen LogP contribution >= 0.6 is 34.2 Å². The molecule has 4 nitrogen and oxygen atoms in total. The van der Waals surface area contributed by atoms with Crippen LogP contribution in [0.5, 0.6) is 0 Å². The fourth-order valence-corrected chi connectivity index (χ4v) is 3.74. The maximum Gasteiger partial charge on any atom is 0.326 e. The van der Waals surface area contributed by atoms with Crippen LogP contribution in [-0.2, 0) is 0 Å². The molecule has 0 saturated carbocycles. The zero-order chi connectivity index (χ0) is 16.9. The molecule has 3 aromatic rings. The highest BCUT2D eigenvalue weighted by Gasteiger charge is 2.18. The average molecular weight is 449 g/mol. The lowest BCUT2D eigenvalue weighted by Crippen LogP contribution is -2.22. The third kappa shape index (κ3) is 2.67. The van der Waals surface area contributed by atoms with Gasteiger partial charge in [-0.05, 0) is 47.2 Å². The van der Waals surface area contributed by atoms with Gasteiger partial charge in [-0.15, -0.1) is 0 Å². The second kappa shape index (κ2) is 5.72. The number of aromatic amines is 2. The fraction of sp³-hybridized carbons (Fsp3) is 0.0667. The first kappa shape index (κ1) is 16.1. The zero-order valence-electron chi connectivity index (χ0n) is 11.6. The molecule has 0 spiro atoms. The Morgan fingerprint density at radius 1 is 1.09 bits per heavy atom. The van der Waals surface area contributed by atoms with Crippen LogP contribution in [0.25, 0.3) is 22.0 Å². The lowest BCUT2D eigenvalue weighted by atomic mass is 9.98. The van der Waals surface area contributed by atoms with E-state index in [1.807, 2.05) is 22.6 Å². The summed E-state index contributed by atoms with van der Waals surface area (Å²) in [5.41, 5.74) is 0.239. The highest BCUT2D eigenvalue weighted by molar-refractivity contribution is 14.1. The topological polar surface area (TPSA) is 65.7 Å². The highest BCUT2D eigenvalue weighted by atomic mass is 127. The number of benzene rings is 2. The molecular formula is C15H8ClF2IN2O2. The number of hydrogen-bond donors (Lipinski definition) is 2. The number of aryl methyl sites for hydroxylation is 1. The summed E-state index contributed by atoms with van der Waals surface area (Å²) >= 11 is 7.66. The molecule has 0 bridgehead atoms. The van der Waals surface area contributed by atoms with E-state index in [0.717, 1.165) is 0 Å². The molecule has 0 aliphatic rings. The second-order valence-corrected chi connectivity index (χ2v) is 6.45. The van der Waals surface area contributed by atoms with Crippen molar-refractivity contribution < 1.29 is 8.78 Å². The van der Waals surface area contributed by atoms with Gasteiger partial charge in [0, 0.05) is 20.8 Å². The Kier molecular flexibility index (Phi) is 4.01. The van der Waals surface area contributed by atoms with Gasteiger partial charge in [-0.1, -0.05) is 11.6 Å². The zero-order valence-corrected chi connectivity index (χ0v) is 14.5. The van der Waals surface area contributed by atoms with Crippen molar-refractivity contribution in [3.05, 3.63) is 64.8 Å². The van der Waals surface area contributed by atoms with E-state index < -0.39 is 22.9 Å². The molecule has 1 aromatic heterocycles. The fourth-order valence-electron chi connectivity index (χ4n) is 2.44. The van der Waals surface area contributed by atoms with Crippen LogP contribution in [0.1, 0.15) is 5.56 Å². The van der Waals surface area contributed by atoms with Gasteiger partial charge in [-0.2, -0.15) is 0 Å². The van der Waals surface area contributed by atoms with Crippen LogP contribution in [0.3, 0.4) is 0 Å². The molecule has 0 fully saturated rings. The molecule has 2 N–H and O–H groups in total. The lowest BCUT2D eigenvalue weighted by Gasteiger charge is -2.13. The first-order valence-electron chi connectivity index (χ1n) is 6.40. The van der Waals surface area contributed by atoms with Gasteiger partial charge >= 0.3 is 5.69 Å². The smallest absolute Gasteiger partial charge is 0.306 e. The normalized spacial score (nSPS) is 11.2. The summed E-state index contributed by atoms with van der Waals surface area (Å²) in [6, 6.07) is 3.43. The third-order valence-electron chi connectivity index (χ3n) is 3.45. The van der Waals surface area contributed by atoms with Crippen molar-refractivity contribution in [1.29, 1.82) is 0 Å². The monoisotopic (exact) mass is 448 g/mol. The summed E-state index contributed by atoms with van der Waals surface area (Å²) in [6.07, 6.45) is 0. The highest BCUT2D eigenvalue weighted by Crippen LogP contribution is 2.36. The third-order valence-corrected chi connectivity index (χ3v) is 4.82. The van der Waals surface area contributed by atoms with Crippen molar-refractivity contribution in [2.45, 2.75) is 6.92 Å². The summed E-state index contributed by atoms with van der Waals surface area (Å²) in [5.74, 6) is -1.63. The van der Waals surface area contributed by atoms with Gasteiger partial charge in [0.25, 0.3) is 5.56 Å². The minimum atomic E-state index is -0.855. The van der Waals surface area contributed by atoms with Crippen molar-refractivity contribution in [3.8, 4) is 11.1 Å². The Balaban J connectivity index is 2.46. The standard InChI is InChI=1S/C15H8ClF2IN2O2/c1-5-2-7-13(20-15(23)21-14(7)22)12(19)11(5)6-3-8(16)10(18)4-9(6)17/h2-4H,1H3,(H2,20,21,22,23). The quantitative estimate of drug-likeness (QED) is 0.440. The Bertz CT molecular complexity index is 1080. The molecule has 0 amide bonds. The molecular weight excluding hydrogens is 441 g/mol. The molecule has 8 heteroatoms. The van der Waals surface area contributed by atoms with E-state index >= 15 is 0 Å². The average Bonchev–Trinajstić information content (AvgIpc) is 2.46. The van der Waals surface area contributed by atoms with Gasteiger partial charge in [0.1, 0.15) is 11.6 Å². The molecule has 118 valence electrons. The first-order chi connectivity index (χ1) is 10.8. The first-order valence-corrected chi connectivity index (χ1v) is 7.85. The van der Waals surface area contributed by atoms with Crippen LogP contribution in [0.4, 0.5) is 8.78 Å². The number of aromatic nitrogens is 2. The van der Waals surface area contributed by atoms with Crippen molar-refractivity contribution >= 4 is 45.1 Å². The largest absolute Gasteiger partial charge is 0.326 e. The van der Waals surface area contributed by atoms with E-state index in [9.17, 15) is 18.4 Å². The van der Waals surface area contributed by atoms with Gasteiger partial charge < -0.3 is 4.98 Å². The van der Waals surface area contributed by atoms with Gasteiger partial charge in [0.05, 0.1) is 15.9 Å². The van der Waals surface area contributed by atoms with Gasteiger partial charge in [-0.3, -0.25) is 9.78 Å². The van der Waals surface area contributed by atoms with Crippen LogP contribution in [0, 0.1) is 22.1 Å². The van der Waals surface area contributed by atoms with Crippen LogP contribution < -0.4 is 11.2 Å². The number of rotatable bonds is 1. The lowest BCUT2D eigenvalue weighted by molar-refractivity contribution is 0.586. The number of hydrogen-bond acceptors (Lipinski definition) is 2. The molecule has 0 saturated heterocycles. The number of nitrogens with one attached hydrogen (secondary N) is 2. The van der Waals surface area contributed by atoms with E-state index in [1.165, 1.54) is 12.1 Å². The van der Waals surface area contributed by atoms with Gasteiger partial charge in [0.2, 0.25) is 0 Å². The van der Waals surface area contributed by atoms with E-state index in [1.54, 1.807) is 6.92 Å². The summed E-state index contributed by atoms with van der Waals surface area (Å²) < 4.78 is 28.0. The maximum atomic E-state index is 14.2. The van der Waals surface area contributed by atoms with Crippen molar-refractivity contribution in [2.75, 3.05) is 0 Å². The molecule has 0 atom stereocenters. The predicted molar refractivity (Wildman–Crippen MR) is 93.0 cm³/mol. The molecule has 0 radical (unpaired) electrons. The van der Waals surface area contributed by atoms with Crippen LogP contribution in [-0.4, -0.2) is 9.97 Å². The molecule has 0 aliphatic heterocycles. The minimum Gasteiger partial charge on any atom is -0.306 e. The Morgan fingerprint density at radius 2 is 1.78 bits per heavy atom. The molecule has 1 heterocycles. The number of H-pyrrole nitrogens is 2. The van der Waals surface area contributed by atoms with Crippen LogP contribution in [0.15, 0.2) is 27.8 Å². The van der Waals surface area contributed by atoms with E-state index in [2.05, 4.69) is 9.97 Å². The van der Waals surface area contributed by atoms with E-state index in [0.29, 0.717) is 26.3 Å². The molecule has 2 aromatic carbocycles. The molecule has 3 rings (SSSR count). The van der Waals surface area contributed by atoms with Crippen molar-refractivity contribution in [3.63, 3.8) is 0 Å². The van der Waals surface area contributed by atoms with Gasteiger partial charge in [0.15, 0.2) is 0 Å². The predicted octanol–water partition coefficient (Wildman–Crippen LogP) is 3.73. The summed E-state index contributed by atoms with van der Waals surface area (Å²) in [7, 11) is 0. The SMILES string of the molecule is Cc1cc2c(=O)[nH]c(=O)[nH]c2c(I)c1-c1cc(Cl)c(F)cc1F. The molecule has 23 heavy (non-hydrogen) atoms. The van der Waals surface area contributed by atoms with Crippen molar-refractivity contribution in [2.24, 2.45) is 0 Å². The second-order valence-electron chi connectivity index (χ2n) is 4.96. The molecule has 0 aliphatic carbocycles. The Morgan fingerprint density at radius 3 is 2.48 bits per heavy atom. The molecule has 0 unspecified atom stereocenters. The summed E-state index contributed by atoms with van der Waals surface area (Å²) in [6.45, 7) is 1.69. The summed E-state index contributed by atoms with van der Waals surface area (Å²) in [5, 5.41) is 0.0694. The minimum absolute atomic E-state index is 0.0985. The number of halogens is 4. The Labute approximate surface area is 146 Å². The maximum absolute atomic E-state index is 14.2. The van der Waals surface area contributed by atoms with Crippen molar-refractivity contribution in [1.82, 2.24) is 9.97 Å². The number of fused-ring (bicyclic) bond motifs is 1. The summed E-state index contributed by atoms with van der Waals surface area (Å²) in [4.78, 5) is 28.1. The van der Waals surface area contributed by atoms with Crippen LogP contribution in [0.2, 0.25) is 5.02 Å².